The number of amides is 1. The summed E-state index contributed by atoms with van der Waals surface area (Å²) in [5.74, 6) is 0.793. The Morgan fingerprint density at radius 3 is 2.40 bits per heavy atom. The number of nitrogens with one attached hydrogen (secondary N) is 1. The van der Waals surface area contributed by atoms with Crippen LogP contribution in [-0.2, 0) is 45.2 Å². The van der Waals surface area contributed by atoms with Crippen molar-refractivity contribution < 1.29 is 32.8 Å². The molecule has 47 heavy (non-hydrogen) atoms. The molecule has 0 saturated heterocycles. The van der Waals surface area contributed by atoms with Gasteiger partial charge in [-0.15, -0.1) is 0 Å². The monoisotopic (exact) mass is 660 g/mol. The molecule has 0 aliphatic carbocycles. The number of rotatable bonds is 11. The van der Waals surface area contributed by atoms with Crippen molar-refractivity contribution in [3.05, 3.63) is 89.2 Å². The Morgan fingerprint density at radius 2 is 1.70 bits per heavy atom. The fourth-order valence-corrected chi connectivity index (χ4v) is 5.27. The zero-order valence-corrected chi connectivity index (χ0v) is 29.2. The van der Waals surface area contributed by atoms with Crippen molar-refractivity contribution in [3.63, 3.8) is 0 Å². The number of hydrogen-bond donors (Lipinski definition) is 1. The van der Waals surface area contributed by atoms with Crippen molar-refractivity contribution in [2.75, 3.05) is 6.61 Å². The minimum Gasteiger partial charge on any atom is -0.591 e. The number of para-hydroxylation sites is 1. The predicted octanol–water partition coefficient (Wildman–Crippen LogP) is 8.08. The third-order valence-electron chi connectivity index (χ3n) is 6.86. The van der Waals surface area contributed by atoms with Gasteiger partial charge in [0, 0.05) is 23.1 Å². The van der Waals surface area contributed by atoms with Gasteiger partial charge in [-0.1, -0.05) is 40.8 Å². The largest absolute Gasteiger partial charge is 0.591 e. The maximum absolute atomic E-state index is 12.8. The van der Waals surface area contributed by atoms with Crippen LogP contribution in [0.3, 0.4) is 0 Å². The SMILES string of the molecule is CCOC(=O)Cc1ccccc1OCc1cc(-c2cccc(CNC(=O)OC(C)(C)C)c2)c2oc(C(C)=N[S+]([O-])C(C)(C)C)cc2c1. The number of carbonyl (C=O) groups excluding carboxylic acids is 2. The fourth-order valence-electron chi connectivity index (χ4n) is 4.65. The Bertz CT molecular complexity index is 1750. The summed E-state index contributed by atoms with van der Waals surface area (Å²) < 4.78 is 39.8. The number of hydrogen-bond acceptors (Lipinski definition) is 8. The molecule has 1 aromatic heterocycles. The average Bonchev–Trinajstić information content (AvgIpc) is 3.43. The minimum atomic E-state index is -1.45. The molecule has 9 nitrogen and oxygen atoms in total. The predicted molar refractivity (Wildman–Crippen MR) is 186 cm³/mol. The normalized spacial score (nSPS) is 12.9. The van der Waals surface area contributed by atoms with Crippen LogP contribution < -0.4 is 10.1 Å². The molecule has 3 aromatic carbocycles. The molecule has 1 unspecified atom stereocenters. The first kappa shape index (κ1) is 35.6. The first-order chi connectivity index (χ1) is 22.1. The van der Waals surface area contributed by atoms with Crippen LogP contribution in [0.1, 0.15) is 77.8 Å². The summed E-state index contributed by atoms with van der Waals surface area (Å²) in [6.07, 6.45) is -0.385. The number of ether oxygens (including phenoxy) is 3. The zero-order valence-electron chi connectivity index (χ0n) is 28.4. The van der Waals surface area contributed by atoms with Crippen molar-refractivity contribution >= 4 is 40.1 Å². The highest BCUT2D eigenvalue weighted by molar-refractivity contribution is 7.91. The van der Waals surface area contributed by atoms with Gasteiger partial charge in [-0.05, 0) is 102 Å². The van der Waals surface area contributed by atoms with Gasteiger partial charge in [-0.2, -0.15) is 0 Å². The molecule has 4 aromatic rings. The van der Waals surface area contributed by atoms with Gasteiger partial charge in [0.15, 0.2) is 5.76 Å². The quantitative estimate of drug-likeness (QED) is 0.0980. The number of furan rings is 1. The average molecular weight is 661 g/mol. The van der Waals surface area contributed by atoms with E-state index < -0.39 is 27.8 Å². The Morgan fingerprint density at radius 1 is 0.957 bits per heavy atom. The third-order valence-corrected chi connectivity index (χ3v) is 8.34. The van der Waals surface area contributed by atoms with Gasteiger partial charge in [0.2, 0.25) is 0 Å². The summed E-state index contributed by atoms with van der Waals surface area (Å²) in [7, 11) is 0. The molecular weight excluding hydrogens is 616 g/mol. The Kier molecular flexibility index (Phi) is 11.4. The molecule has 1 atom stereocenters. The zero-order chi connectivity index (χ0) is 34.4. The number of alkyl carbamates (subject to hydrolysis) is 1. The van der Waals surface area contributed by atoms with E-state index in [1.807, 2.05) is 108 Å². The van der Waals surface area contributed by atoms with Crippen LogP contribution in [0.5, 0.6) is 5.75 Å². The molecule has 0 radical (unpaired) electrons. The minimum absolute atomic E-state index is 0.109. The van der Waals surface area contributed by atoms with Crippen molar-refractivity contribution in [3.8, 4) is 16.9 Å². The van der Waals surface area contributed by atoms with E-state index in [0.29, 0.717) is 29.4 Å². The molecule has 0 aliphatic heterocycles. The molecule has 0 aliphatic rings. The summed E-state index contributed by atoms with van der Waals surface area (Å²) in [4.78, 5) is 24.5. The Labute approximate surface area is 280 Å². The Hall–Kier alpha value is -4.28. The molecule has 0 bridgehead atoms. The van der Waals surface area contributed by atoms with E-state index in [-0.39, 0.29) is 25.5 Å². The number of esters is 1. The molecule has 0 fully saturated rings. The van der Waals surface area contributed by atoms with E-state index in [0.717, 1.165) is 33.2 Å². The lowest BCUT2D eigenvalue weighted by Crippen LogP contribution is -2.32. The summed E-state index contributed by atoms with van der Waals surface area (Å²) in [6, 6.07) is 21.1. The van der Waals surface area contributed by atoms with Crippen molar-refractivity contribution in [1.29, 1.82) is 0 Å². The summed E-state index contributed by atoms with van der Waals surface area (Å²) in [5, 5.41) is 3.64. The van der Waals surface area contributed by atoms with Crippen LogP contribution in [0.2, 0.25) is 0 Å². The second-order valence-corrected chi connectivity index (χ2v) is 15.1. The highest BCUT2D eigenvalue weighted by Gasteiger charge is 2.27. The third kappa shape index (κ3) is 10.1. The maximum Gasteiger partial charge on any atom is 0.407 e. The highest BCUT2D eigenvalue weighted by Crippen LogP contribution is 2.34. The molecule has 1 heterocycles. The lowest BCUT2D eigenvalue weighted by Gasteiger charge is -2.19. The summed E-state index contributed by atoms with van der Waals surface area (Å²) in [6.45, 7) is 15.5. The van der Waals surface area contributed by atoms with Crippen molar-refractivity contribution in [2.24, 2.45) is 4.40 Å². The van der Waals surface area contributed by atoms with Gasteiger partial charge in [0.1, 0.15) is 45.4 Å². The topological polar surface area (TPSA) is 122 Å². The molecule has 1 N–H and O–H groups in total. The van der Waals surface area contributed by atoms with Crippen molar-refractivity contribution in [1.82, 2.24) is 5.32 Å². The van der Waals surface area contributed by atoms with Crippen molar-refractivity contribution in [2.45, 2.75) is 85.3 Å². The second-order valence-electron chi connectivity index (χ2n) is 13.1. The first-order valence-corrected chi connectivity index (χ1v) is 16.7. The van der Waals surface area contributed by atoms with E-state index in [1.165, 1.54) is 0 Å². The van der Waals surface area contributed by atoms with E-state index in [9.17, 15) is 14.1 Å². The molecule has 0 spiro atoms. The highest BCUT2D eigenvalue weighted by atomic mass is 32.2. The van der Waals surface area contributed by atoms with E-state index in [2.05, 4.69) is 9.71 Å². The van der Waals surface area contributed by atoms with Crippen LogP contribution in [0.25, 0.3) is 22.1 Å². The lowest BCUT2D eigenvalue weighted by atomic mass is 9.99. The van der Waals surface area contributed by atoms with Crippen LogP contribution in [0.4, 0.5) is 4.79 Å². The number of benzene rings is 3. The smallest absolute Gasteiger partial charge is 0.407 e. The van der Waals surface area contributed by atoms with Gasteiger partial charge in [0.05, 0.1) is 13.0 Å². The van der Waals surface area contributed by atoms with Crippen LogP contribution in [-0.4, -0.2) is 39.3 Å². The lowest BCUT2D eigenvalue weighted by molar-refractivity contribution is -0.142. The number of carbonyl (C=O) groups is 2. The fraction of sp³-hybridized carbons (Fsp3) is 0.378. The van der Waals surface area contributed by atoms with Gasteiger partial charge in [-0.25, -0.2) is 4.79 Å². The Balaban J connectivity index is 1.70. The molecule has 0 saturated carbocycles. The molecule has 250 valence electrons. The van der Waals surface area contributed by atoms with Crippen LogP contribution in [0, 0.1) is 0 Å². The summed E-state index contributed by atoms with van der Waals surface area (Å²) in [5.41, 5.74) is 4.74. The number of fused-ring (bicyclic) bond motifs is 1. The van der Waals surface area contributed by atoms with Gasteiger partial charge in [0.25, 0.3) is 0 Å². The van der Waals surface area contributed by atoms with Gasteiger partial charge >= 0.3 is 12.1 Å². The molecular formula is C37H44N2O7S. The summed E-state index contributed by atoms with van der Waals surface area (Å²) >= 11 is -1.45. The molecule has 10 heteroatoms. The molecule has 4 rings (SSSR count). The van der Waals surface area contributed by atoms with Gasteiger partial charge < -0.3 is 28.5 Å². The first-order valence-electron chi connectivity index (χ1n) is 15.6. The second kappa shape index (κ2) is 15.1. The van der Waals surface area contributed by atoms with Crippen LogP contribution in [0.15, 0.2) is 75.5 Å². The van der Waals surface area contributed by atoms with E-state index >= 15 is 0 Å². The maximum atomic E-state index is 12.8. The van der Waals surface area contributed by atoms with E-state index in [1.54, 1.807) is 13.8 Å². The van der Waals surface area contributed by atoms with E-state index in [4.69, 9.17) is 18.6 Å². The standard InChI is InChI=1S/C37H44N2O7S/c1-9-43-33(40)21-28-14-10-11-16-31(28)44-23-26-18-29-20-32(24(2)39-47(42)37(6,7)8)45-34(29)30(19-26)27-15-12-13-25(17-27)22-38-35(41)46-36(3,4)5/h10-20H,9,21-23H2,1-8H3,(H,38,41). The number of nitrogens with zero attached hydrogens (tertiary/aromatic N) is 1. The van der Waals surface area contributed by atoms with Gasteiger partial charge in [-0.3, -0.25) is 4.79 Å². The molecule has 1 amide bonds. The van der Waals surface area contributed by atoms with Crippen LogP contribution >= 0.6 is 0 Å².